The van der Waals surface area contributed by atoms with Gasteiger partial charge in [-0.3, -0.25) is 9.78 Å². The molecule has 0 unspecified atom stereocenters. The fourth-order valence-electron chi connectivity index (χ4n) is 2.44. The van der Waals surface area contributed by atoms with E-state index in [2.05, 4.69) is 15.6 Å². The first-order chi connectivity index (χ1) is 12.4. The minimum Gasteiger partial charge on any atom is -0.354 e. The van der Waals surface area contributed by atoms with Gasteiger partial charge >= 0.3 is 0 Å². The molecule has 1 aromatic heterocycles. The van der Waals surface area contributed by atoms with E-state index in [1.54, 1.807) is 12.3 Å². The predicted molar refractivity (Wildman–Crippen MR) is 97.7 cm³/mol. The highest BCUT2D eigenvalue weighted by Gasteiger charge is 2.11. The highest BCUT2D eigenvalue weighted by molar-refractivity contribution is 6.04. The van der Waals surface area contributed by atoms with Crippen LogP contribution in [0, 0.1) is 25.5 Å². The average molecular weight is 353 g/mol. The molecule has 0 fully saturated rings. The molecule has 132 valence electrons. The number of aromatic nitrogens is 1. The van der Waals surface area contributed by atoms with Crippen molar-refractivity contribution < 1.29 is 13.6 Å². The largest absolute Gasteiger partial charge is 0.354 e. The SMILES string of the molecule is Cc1ccc(C)c(Nc2cncc(C(=O)Nc3ccc(F)cc3F)c2)c1. The van der Waals surface area contributed by atoms with E-state index in [4.69, 9.17) is 0 Å². The minimum atomic E-state index is -0.837. The fraction of sp³-hybridized carbons (Fsp3) is 0.100. The third-order valence-electron chi connectivity index (χ3n) is 3.85. The number of carbonyl (C=O) groups excluding carboxylic acids is 1. The Bertz CT molecular complexity index is 973. The Morgan fingerprint density at radius 3 is 2.54 bits per heavy atom. The molecule has 0 saturated carbocycles. The summed E-state index contributed by atoms with van der Waals surface area (Å²) in [6.07, 6.45) is 2.97. The van der Waals surface area contributed by atoms with E-state index in [0.29, 0.717) is 11.8 Å². The predicted octanol–water partition coefficient (Wildman–Crippen LogP) is 4.97. The number of nitrogens with zero attached hydrogens (tertiary/aromatic N) is 1. The molecule has 1 amide bonds. The third kappa shape index (κ3) is 4.03. The number of anilines is 3. The first-order valence-corrected chi connectivity index (χ1v) is 7.98. The van der Waals surface area contributed by atoms with Gasteiger partial charge in [0.05, 0.1) is 23.1 Å². The van der Waals surface area contributed by atoms with Crippen LogP contribution in [0.4, 0.5) is 25.8 Å². The molecule has 0 spiro atoms. The van der Waals surface area contributed by atoms with Crippen LogP contribution in [0.3, 0.4) is 0 Å². The molecule has 4 nitrogen and oxygen atoms in total. The zero-order chi connectivity index (χ0) is 18.7. The second-order valence-electron chi connectivity index (χ2n) is 5.98. The van der Waals surface area contributed by atoms with Gasteiger partial charge in [0.1, 0.15) is 11.6 Å². The second-order valence-corrected chi connectivity index (χ2v) is 5.98. The fourth-order valence-corrected chi connectivity index (χ4v) is 2.44. The summed E-state index contributed by atoms with van der Waals surface area (Å²) in [7, 11) is 0. The molecule has 3 aromatic rings. The molecular formula is C20H17F2N3O. The summed E-state index contributed by atoms with van der Waals surface area (Å²) in [5, 5.41) is 5.64. The Balaban J connectivity index is 1.80. The highest BCUT2D eigenvalue weighted by Crippen LogP contribution is 2.22. The molecule has 3 rings (SSSR count). The van der Waals surface area contributed by atoms with Crippen molar-refractivity contribution in [2.45, 2.75) is 13.8 Å². The van der Waals surface area contributed by atoms with Gasteiger partial charge in [-0.05, 0) is 49.2 Å². The number of halogens is 2. The lowest BCUT2D eigenvalue weighted by Crippen LogP contribution is -2.13. The maximum absolute atomic E-state index is 13.7. The molecular weight excluding hydrogens is 336 g/mol. The molecule has 0 aliphatic carbocycles. The van der Waals surface area contributed by atoms with Gasteiger partial charge in [0.25, 0.3) is 5.91 Å². The number of aryl methyl sites for hydroxylation is 2. The number of rotatable bonds is 4. The highest BCUT2D eigenvalue weighted by atomic mass is 19.1. The molecule has 1 heterocycles. The van der Waals surface area contributed by atoms with E-state index in [9.17, 15) is 13.6 Å². The van der Waals surface area contributed by atoms with Crippen LogP contribution in [0.15, 0.2) is 54.9 Å². The Labute approximate surface area is 149 Å². The quantitative estimate of drug-likeness (QED) is 0.696. The Morgan fingerprint density at radius 1 is 0.962 bits per heavy atom. The van der Waals surface area contributed by atoms with Crippen LogP contribution in [-0.2, 0) is 0 Å². The molecule has 2 aromatic carbocycles. The van der Waals surface area contributed by atoms with Gasteiger partial charge in [0.2, 0.25) is 0 Å². The van der Waals surface area contributed by atoms with E-state index in [-0.39, 0.29) is 11.3 Å². The van der Waals surface area contributed by atoms with Gasteiger partial charge in [-0.15, -0.1) is 0 Å². The lowest BCUT2D eigenvalue weighted by atomic mass is 10.1. The van der Waals surface area contributed by atoms with Gasteiger partial charge in [0.15, 0.2) is 0 Å². The zero-order valence-corrected chi connectivity index (χ0v) is 14.3. The van der Waals surface area contributed by atoms with Crippen molar-refractivity contribution >= 4 is 23.0 Å². The van der Waals surface area contributed by atoms with Crippen molar-refractivity contribution in [3.8, 4) is 0 Å². The van der Waals surface area contributed by atoms with Gasteiger partial charge in [-0.1, -0.05) is 12.1 Å². The maximum Gasteiger partial charge on any atom is 0.257 e. The lowest BCUT2D eigenvalue weighted by Gasteiger charge is -2.11. The maximum atomic E-state index is 13.7. The Morgan fingerprint density at radius 2 is 1.77 bits per heavy atom. The molecule has 0 atom stereocenters. The molecule has 6 heteroatoms. The summed E-state index contributed by atoms with van der Waals surface area (Å²) in [6, 6.07) is 10.6. The number of amides is 1. The summed E-state index contributed by atoms with van der Waals surface area (Å²) in [4.78, 5) is 16.4. The molecule has 0 aliphatic heterocycles. The molecule has 2 N–H and O–H groups in total. The van der Waals surface area contributed by atoms with Crippen molar-refractivity contribution in [2.75, 3.05) is 10.6 Å². The van der Waals surface area contributed by atoms with E-state index in [0.717, 1.165) is 22.9 Å². The molecule has 26 heavy (non-hydrogen) atoms. The smallest absolute Gasteiger partial charge is 0.257 e. The summed E-state index contributed by atoms with van der Waals surface area (Å²) in [5.41, 5.74) is 3.86. The van der Waals surface area contributed by atoms with Crippen LogP contribution < -0.4 is 10.6 Å². The Kier molecular flexibility index (Phi) is 4.93. The monoisotopic (exact) mass is 353 g/mol. The summed E-state index contributed by atoms with van der Waals surface area (Å²) in [5.74, 6) is -2.08. The number of hydrogen-bond acceptors (Lipinski definition) is 3. The van der Waals surface area contributed by atoms with Crippen LogP contribution >= 0.6 is 0 Å². The lowest BCUT2D eigenvalue weighted by molar-refractivity contribution is 0.102. The standard InChI is InChI=1S/C20H17F2N3O/c1-12-3-4-13(2)19(7-12)24-16-8-14(10-23-11-16)20(26)25-18-6-5-15(21)9-17(18)22/h3-11,24H,1-2H3,(H,25,26). The summed E-state index contributed by atoms with van der Waals surface area (Å²) in [6.45, 7) is 3.97. The minimum absolute atomic E-state index is 0.0932. The van der Waals surface area contributed by atoms with Crippen LogP contribution in [-0.4, -0.2) is 10.9 Å². The number of benzene rings is 2. The number of carbonyl (C=O) groups is 1. The third-order valence-corrected chi connectivity index (χ3v) is 3.85. The van der Waals surface area contributed by atoms with Gasteiger partial charge in [-0.2, -0.15) is 0 Å². The normalized spacial score (nSPS) is 10.5. The number of hydrogen-bond donors (Lipinski definition) is 2. The topological polar surface area (TPSA) is 54.0 Å². The van der Waals surface area contributed by atoms with Gasteiger partial charge in [-0.25, -0.2) is 8.78 Å². The number of pyridine rings is 1. The van der Waals surface area contributed by atoms with E-state index in [1.165, 1.54) is 12.3 Å². The van der Waals surface area contributed by atoms with E-state index in [1.807, 2.05) is 32.0 Å². The van der Waals surface area contributed by atoms with Crippen molar-refractivity contribution in [3.05, 3.63) is 83.2 Å². The van der Waals surface area contributed by atoms with Gasteiger partial charge < -0.3 is 10.6 Å². The van der Waals surface area contributed by atoms with Crippen LogP contribution in [0.25, 0.3) is 0 Å². The Hall–Kier alpha value is -3.28. The van der Waals surface area contributed by atoms with E-state index >= 15 is 0 Å². The van der Waals surface area contributed by atoms with Crippen molar-refractivity contribution in [3.63, 3.8) is 0 Å². The molecule has 0 saturated heterocycles. The zero-order valence-electron chi connectivity index (χ0n) is 14.3. The van der Waals surface area contributed by atoms with Crippen LogP contribution in [0.1, 0.15) is 21.5 Å². The van der Waals surface area contributed by atoms with Crippen LogP contribution in [0.2, 0.25) is 0 Å². The van der Waals surface area contributed by atoms with Crippen LogP contribution in [0.5, 0.6) is 0 Å². The molecule has 0 radical (unpaired) electrons. The molecule has 0 aliphatic rings. The van der Waals surface area contributed by atoms with Gasteiger partial charge in [0, 0.05) is 18.0 Å². The first kappa shape index (κ1) is 17.5. The van der Waals surface area contributed by atoms with Crippen molar-refractivity contribution in [2.24, 2.45) is 0 Å². The van der Waals surface area contributed by atoms with Crippen molar-refractivity contribution in [1.29, 1.82) is 0 Å². The average Bonchev–Trinajstić information content (AvgIpc) is 2.61. The summed E-state index contributed by atoms with van der Waals surface area (Å²) >= 11 is 0. The first-order valence-electron chi connectivity index (χ1n) is 7.98. The van der Waals surface area contributed by atoms with Crippen molar-refractivity contribution in [1.82, 2.24) is 4.98 Å². The second kappa shape index (κ2) is 7.31. The van der Waals surface area contributed by atoms with E-state index < -0.39 is 17.5 Å². The molecule has 0 bridgehead atoms. The summed E-state index contributed by atoms with van der Waals surface area (Å²) < 4.78 is 26.7. The number of nitrogens with one attached hydrogen (secondary N) is 2.